The first-order valence-corrected chi connectivity index (χ1v) is 12.2. The molecule has 6 rings (SSSR count). The third-order valence-corrected chi connectivity index (χ3v) is 6.09. The lowest BCUT2D eigenvalue weighted by molar-refractivity contribution is -0.131. The number of nitrogens with zero attached hydrogens (tertiary/aromatic N) is 5. The molecule has 3 aromatic heterocycles. The summed E-state index contributed by atoms with van der Waals surface area (Å²) in [5.74, 6) is 0.600. The molecule has 0 spiro atoms. The van der Waals surface area contributed by atoms with Crippen LogP contribution in [0.1, 0.15) is 17.3 Å². The summed E-state index contributed by atoms with van der Waals surface area (Å²) in [4.78, 5) is 37.8. The molecular formula is C29H20BN7O3. The van der Waals surface area contributed by atoms with E-state index in [9.17, 15) is 9.59 Å². The van der Waals surface area contributed by atoms with Crippen molar-refractivity contribution in [1.29, 1.82) is 0 Å². The number of benzene rings is 3. The van der Waals surface area contributed by atoms with E-state index in [2.05, 4.69) is 20.7 Å². The number of pyridine rings is 1. The van der Waals surface area contributed by atoms with Crippen LogP contribution in [0, 0.1) is 0 Å². The van der Waals surface area contributed by atoms with Crippen molar-refractivity contribution in [1.82, 2.24) is 24.6 Å². The maximum absolute atomic E-state index is 12.7. The smallest absolute Gasteiger partial charge is 0.308 e. The first-order chi connectivity index (χ1) is 19.4. The van der Waals surface area contributed by atoms with Gasteiger partial charge in [-0.1, -0.05) is 12.1 Å². The summed E-state index contributed by atoms with van der Waals surface area (Å²) in [7, 11) is 5.86. The van der Waals surface area contributed by atoms with Crippen LogP contribution in [0.4, 0.5) is 17.2 Å². The summed E-state index contributed by atoms with van der Waals surface area (Å²) in [6.45, 7) is 1.34. The number of carbonyl (C=O) groups excluding carboxylic acids is 2. The first-order valence-electron chi connectivity index (χ1n) is 12.2. The average Bonchev–Trinajstić information content (AvgIpc) is 3.33. The fraction of sp³-hybridized carbons (Fsp3) is 0.0345. The normalized spacial score (nSPS) is 10.9. The SMILES string of the molecule is [B]n1ncc2cc(Nc3nc(-c4cccc(NC(=O)c5cccnc5)c4)nc4ccc(OC(C)=O)cc34)ccc21. The summed E-state index contributed by atoms with van der Waals surface area (Å²) in [5.41, 5.74) is 3.88. The third-order valence-electron chi connectivity index (χ3n) is 6.09. The molecule has 2 radical (unpaired) electrons. The topological polar surface area (TPSA) is 124 Å². The van der Waals surface area contributed by atoms with Crippen molar-refractivity contribution in [2.75, 3.05) is 10.6 Å². The number of hydrogen-bond acceptors (Lipinski definition) is 8. The number of hydrogen-bond donors (Lipinski definition) is 2. The fourth-order valence-corrected chi connectivity index (χ4v) is 4.27. The van der Waals surface area contributed by atoms with Crippen molar-refractivity contribution >= 4 is 58.9 Å². The van der Waals surface area contributed by atoms with Gasteiger partial charge in [-0.05, 0) is 60.7 Å². The highest BCUT2D eigenvalue weighted by atomic mass is 16.5. The highest BCUT2D eigenvalue weighted by molar-refractivity contribution is 6.10. The summed E-state index contributed by atoms with van der Waals surface area (Å²) in [5, 5.41) is 11.8. The molecule has 0 saturated carbocycles. The number of amides is 1. The van der Waals surface area contributed by atoms with Crippen molar-refractivity contribution in [2.24, 2.45) is 0 Å². The molecule has 192 valence electrons. The summed E-state index contributed by atoms with van der Waals surface area (Å²) in [6.07, 6.45) is 4.79. The molecule has 0 atom stereocenters. The third kappa shape index (κ3) is 5.08. The molecule has 40 heavy (non-hydrogen) atoms. The molecule has 2 N–H and O–H groups in total. The van der Waals surface area contributed by atoms with E-state index in [-0.39, 0.29) is 5.91 Å². The zero-order valence-corrected chi connectivity index (χ0v) is 21.2. The van der Waals surface area contributed by atoms with Gasteiger partial charge >= 0.3 is 5.97 Å². The van der Waals surface area contributed by atoms with Crippen molar-refractivity contribution in [3.8, 4) is 17.1 Å². The van der Waals surface area contributed by atoms with E-state index in [1.807, 2.05) is 30.3 Å². The second-order valence-corrected chi connectivity index (χ2v) is 8.93. The predicted molar refractivity (Wildman–Crippen MR) is 153 cm³/mol. The van der Waals surface area contributed by atoms with Gasteiger partial charge in [0, 0.05) is 47.0 Å². The number of esters is 1. The Balaban J connectivity index is 1.40. The van der Waals surface area contributed by atoms with Gasteiger partial charge < -0.3 is 20.0 Å². The fourth-order valence-electron chi connectivity index (χ4n) is 4.27. The molecule has 11 heteroatoms. The lowest BCUT2D eigenvalue weighted by atomic mass is 10.1. The molecule has 0 unspecified atom stereocenters. The maximum Gasteiger partial charge on any atom is 0.308 e. The van der Waals surface area contributed by atoms with Crippen molar-refractivity contribution < 1.29 is 14.3 Å². The minimum atomic E-state index is -0.430. The number of fused-ring (bicyclic) bond motifs is 2. The van der Waals surface area contributed by atoms with Crippen LogP contribution in [0.2, 0.25) is 0 Å². The Hall–Kier alpha value is -5.58. The lowest BCUT2D eigenvalue weighted by Crippen LogP contribution is -2.12. The van der Waals surface area contributed by atoms with Crippen LogP contribution in [0.25, 0.3) is 33.2 Å². The van der Waals surface area contributed by atoms with Crippen molar-refractivity contribution in [3.63, 3.8) is 0 Å². The van der Waals surface area contributed by atoms with Gasteiger partial charge in [-0.15, -0.1) is 0 Å². The molecule has 10 nitrogen and oxygen atoms in total. The van der Waals surface area contributed by atoms with Gasteiger partial charge in [0.15, 0.2) is 5.82 Å². The Morgan fingerprint density at radius 2 is 1.82 bits per heavy atom. The molecule has 3 heterocycles. The number of nitrogens with one attached hydrogen (secondary N) is 2. The molecule has 0 aliphatic heterocycles. The van der Waals surface area contributed by atoms with E-state index in [1.54, 1.807) is 54.9 Å². The Kier molecular flexibility index (Phi) is 6.37. The Bertz CT molecular complexity index is 1910. The Morgan fingerprint density at radius 3 is 2.65 bits per heavy atom. The Morgan fingerprint density at radius 1 is 0.925 bits per heavy atom. The predicted octanol–water partition coefficient (Wildman–Crippen LogP) is 4.89. The molecule has 0 bridgehead atoms. The van der Waals surface area contributed by atoms with E-state index in [0.717, 1.165) is 16.6 Å². The monoisotopic (exact) mass is 525 g/mol. The minimum Gasteiger partial charge on any atom is -0.427 e. The van der Waals surface area contributed by atoms with Gasteiger partial charge in [-0.25, -0.2) is 9.97 Å². The van der Waals surface area contributed by atoms with E-state index in [1.165, 1.54) is 17.7 Å². The summed E-state index contributed by atoms with van der Waals surface area (Å²) in [6, 6.07) is 21.4. The molecule has 0 fully saturated rings. The quantitative estimate of drug-likeness (QED) is 0.179. The van der Waals surface area contributed by atoms with Crippen LogP contribution in [-0.4, -0.2) is 44.5 Å². The highest BCUT2D eigenvalue weighted by Crippen LogP contribution is 2.32. The maximum atomic E-state index is 12.7. The van der Waals surface area contributed by atoms with Crippen LogP contribution < -0.4 is 15.4 Å². The van der Waals surface area contributed by atoms with Crippen molar-refractivity contribution in [3.05, 3.63) is 97.0 Å². The molecule has 1 amide bonds. The number of aromatic nitrogens is 5. The molecule has 0 aliphatic rings. The zero-order chi connectivity index (χ0) is 27.6. The van der Waals surface area contributed by atoms with Crippen LogP contribution in [0.3, 0.4) is 0 Å². The van der Waals surface area contributed by atoms with Gasteiger partial charge in [0.1, 0.15) is 11.6 Å². The standard InChI is InChI=1S/C29H20BN7O3/c1-17(38)40-23-8-9-25-24(14-23)28(33-22-7-10-26-20(13-22)16-32-37(26)30)36-27(35-25)18-4-2-6-21(12-18)34-29(39)19-5-3-11-31-15-19/h2-16H,1H3,(H,34,39)(H,33,35,36). The van der Waals surface area contributed by atoms with E-state index in [4.69, 9.17) is 22.7 Å². The second-order valence-electron chi connectivity index (χ2n) is 8.93. The van der Waals surface area contributed by atoms with Crippen LogP contribution >= 0.6 is 0 Å². The number of rotatable bonds is 6. The zero-order valence-electron chi connectivity index (χ0n) is 21.2. The molecule has 3 aromatic carbocycles. The number of ether oxygens (including phenoxy) is 1. The van der Waals surface area contributed by atoms with Crippen LogP contribution in [0.5, 0.6) is 5.75 Å². The number of carbonyl (C=O) groups is 2. The Labute approximate surface area is 229 Å². The first kappa shape index (κ1) is 24.7. The average molecular weight is 525 g/mol. The van der Waals surface area contributed by atoms with Gasteiger partial charge in [0.2, 0.25) is 0 Å². The number of anilines is 3. The minimum absolute atomic E-state index is 0.277. The van der Waals surface area contributed by atoms with Gasteiger partial charge in [-0.3, -0.25) is 14.6 Å². The van der Waals surface area contributed by atoms with Crippen LogP contribution in [0.15, 0.2) is 91.4 Å². The van der Waals surface area contributed by atoms with Crippen molar-refractivity contribution in [2.45, 2.75) is 6.92 Å². The summed E-state index contributed by atoms with van der Waals surface area (Å²) < 4.78 is 6.61. The molecule has 6 aromatic rings. The van der Waals surface area contributed by atoms with E-state index >= 15 is 0 Å². The van der Waals surface area contributed by atoms with Crippen LogP contribution in [-0.2, 0) is 4.79 Å². The van der Waals surface area contributed by atoms with Gasteiger partial charge in [0.25, 0.3) is 13.9 Å². The van der Waals surface area contributed by atoms with Gasteiger partial charge in [0.05, 0.1) is 22.8 Å². The van der Waals surface area contributed by atoms with Gasteiger partial charge in [-0.2, -0.15) is 5.10 Å². The highest BCUT2D eigenvalue weighted by Gasteiger charge is 2.14. The molecule has 0 saturated heterocycles. The van der Waals surface area contributed by atoms with E-state index in [0.29, 0.717) is 45.1 Å². The lowest BCUT2D eigenvalue weighted by Gasteiger charge is -2.13. The largest absolute Gasteiger partial charge is 0.427 e. The van der Waals surface area contributed by atoms with E-state index < -0.39 is 5.97 Å². The molecule has 0 aliphatic carbocycles. The molecular weight excluding hydrogens is 505 g/mol. The second kappa shape index (κ2) is 10.3. The summed E-state index contributed by atoms with van der Waals surface area (Å²) >= 11 is 0.